The van der Waals surface area contributed by atoms with Crippen LogP contribution >= 0.6 is 0 Å². The highest BCUT2D eigenvalue weighted by Crippen LogP contribution is 2.30. The Kier molecular flexibility index (Phi) is 3.67. The molecule has 0 spiro atoms. The molecule has 0 saturated carbocycles. The monoisotopic (exact) mass is 236 g/mol. The summed E-state index contributed by atoms with van der Waals surface area (Å²) < 4.78 is 14.1. The molecule has 0 aromatic heterocycles. The normalized spacial score (nSPS) is 21.9. The first-order valence-corrected chi connectivity index (χ1v) is 6.45. The number of anilines is 1. The first kappa shape index (κ1) is 12.4. The highest BCUT2D eigenvalue weighted by Gasteiger charge is 2.25. The van der Waals surface area contributed by atoms with Gasteiger partial charge in [0.2, 0.25) is 0 Å². The van der Waals surface area contributed by atoms with Crippen molar-refractivity contribution in [1.29, 1.82) is 0 Å². The number of hydrogen-bond donors (Lipinski definition) is 1. The van der Waals surface area contributed by atoms with Crippen molar-refractivity contribution in [3.63, 3.8) is 0 Å². The lowest BCUT2D eigenvalue weighted by atomic mass is 10.1. The molecule has 1 unspecified atom stereocenters. The van der Waals surface area contributed by atoms with Crippen molar-refractivity contribution in [2.75, 3.05) is 11.4 Å². The lowest BCUT2D eigenvalue weighted by Crippen LogP contribution is -2.29. The van der Waals surface area contributed by atoms with Crippen LogP contribution in [0.25, 0.3) is 0 Å². The zero-order valence-electron chi connectivity index (χ0n) is 10.6. The summed E-state index contributed by atoms with van der Waals surface area (Å²) in [5.74, 6) is -0.139. The van der Waals surface area contributed by atoms with Crippen LogP contribution in [0.1, 0.15) is 44.7 Å². The third-order valence-corrected chi connectivity index (χ3v) is 3.66. The number of hydrogen-bond acceptors (Lipinski definition) is 2. The average Bonchev–Trinajstić information content (AvgIpc) is 2.76. The quantitative estimate of drug-likeness (QED) is 0.873. The third-order valence-electron chi connectivity index (χ3n) is 3.66. The second-order valence-corrected chi connectivity index (χ2v) is 4.90. The Hall–Kier alpha value is -1.09. The van der Waals surface area contributed by atoms with Gasteiger partial charge in [-0.3, -0.25) is 0 Å². The minimum atomic E-state index is -0.139. The van der Waals surface area contributed by atoms with E-state index in [0.29, 0.717) is 6.04 Å². The van der Waals surface area contributed by atoms with Crippen LogP contribution in [0.15, 0.2) is 18.2 Å². The van der Waals surface area contributed by atoms with E-state index in [1.807, 2.05) is 19.1 Å². The Labute approximate surface area is 103 Å². The van der Waals surface area contributed by atoms with Gasteiger partial charge in [-0.15, -0.1) is 0 Å². The van der Waals surface area contributed by atoms with Crippen LogP contribution in [0.3, 0.4) is 0 Å². The van der Waals surface area contributed by atoms with Gasteiger partial charge < -0.3 is 10.6 Å². The van der Waals surface area contributed by atoms with Crippen LogP contribution < -0.4 is 10.6 Å². The largest absolute Gasteiger partial charge is 0.366 e. The van der Waals surface area contributed by atoms with Gasteiger partial charge in [0.25, 0.3) is 0 Å². The lowest BCUT2D eigenvalue weighted by molar-refractivity contribution is 0.594. The zero-order valence-corrected chi connectivity index (χ0v) is 10.6. The predicted octanol–water partition coefficient (Wildman–Crippen LogP) is 3.22. The summed E-state index contributed by atoms with van der Waals surface area (Å²) in [6.07, 6.45) is 3.41. The number of halogens is 1. The standard InChI is InChI=1S/C14H21FN2/c1-3-12-5-4-8-17(12)14-7-6-11(10(2)16)9-13(14)15/h6-7,9-10,12H,3-5,8,16H2,1-2H3/t10-,12?/m0/s1. The molecule has 0 amide bonds. The summed E-state index contributed by atoms with van der Waals surface area (Å²) in [5, 5.41) is 0. The van der Waals surface area contributed by atoms with E-state index >= 15 is 0 Å². The van der Waals surface area contributed by atoms with Gasteiger partial charge in [0.05, 0.1) is 5.69 Å². The topological polar surface area (TPSA) is 29.3 Å². The second-order valence-electron chi connectivity index (χ2n) is 4.90. The van der Waals surface area contributed by atoms with Crippen molar-refractivity contribution in [3.05, 3.63) is 29.6 Å². The van der Waals surface area contributed by atoms with E-state index in [1.165, 1.54) is 6.42 Å². The van der Waals surface area contributed by atoms with E-state index in [2.05, 4.69) is 11.8 Å². The summed E-state index contributed by atoms with van der Waals surface area (Å²) >= 11 is 0. The molecule has 1 aromatic rings. The minimum absolute atomic E-state index is 0.112. The van der Waals surface area contributed by atoms with Crippen molar-refractivity contribution in [2.24, 2.45) is 5.73 Å². The lowest BCUT2D eigenvalue weighted by Gasteiger charge is -2.26. The van der Waals surface area contributed by atoms with Gasteiger partial charge in [0, 0.05) is 18.6 Å². The van der Waals surface area contributed by atoms with Gasteiger partial charge in [-0.25, -0.2) is 4.39 Å². The zero-order chi connectivity index (χ0) is 12.4. The van der Waals surface area contributed by atoms with E-state index in [9.17, 15) is 4.39 Å². The van der Waals surface area contributed by atoms with Gasteiger partial charge >= 0.3 is 0 Å². The number of nitrogens with two attached hydrogens (primary N) is 1. The Morgan fingerprint density at radius 3 is 2.88 bits per heavy atom. The van der Waals surface area contributed by atoms with E-state index in [1.54, 1.807) is 6.07 Å². The number of rotatable bonds is 3. The predicted molar refractivity (Wildman–Crippen MR) is 69.7 cm³/mol. The van der Waals surface area contributed by atoms with Crippen LogP contribution in [-0.2, 0) is 0 Å². The maximum atomic E-state index is 14.1. The van der Waals surface area contributed by atoms with Crippen LogP contribution in [0.5, 0.6) is 0 Å². The first-order chi connectivity index (χ1) is 8.13. The summed E-state index contributed by atoms with van der Waals surface area (Å²) in [4.78, 5) is 2.19. The van der Waals surface area contributed by atoms with E-state index in [0.717, 1.165) is 30.6 Å². The fraction of sp³-hybridized carbons (Fsp3) is 0.571. The maximum Gasteiger partial charge on any atom is 0.146 e. The Balaban J connectivity index is 2.27. The molecule has 1 aliphatic rings. The minimum Gasteiger partial charge on any atom is -0.366 e. The van der Waals surface area contributed by atoms with Crippen molar-refractivity contribution in [1.82, 2.24) is 0 Å². The average molecular weight is 236 g/mol. The van der Waals surface area contributed by atoms with Crippen molar-refractivity contribution >= 4 is 5.69 Å². The second kappa shape index (κ2) is 5.05. The molecule has 1 fully saturated rings. The molecule has 1 heterocycles. The Morgan fingerprint density at radius 2 is 2.29 bits per heavy atom. The summed E-state index contributed by atoms with van der Waals surface area (Å²) in [7, 11) is 0. The maximum absolute atomic E-state index is 14.1. The molecule has 3 heteroatoms. The number of benzene rings is 1. The molecule has 0 radical (unpaired) electrons. The van der Waals surface area contributed by atoms with Gasteiger partial charge in [0.15, 0.2) is 0 Å². The van der Waals surface area contributed by atoms with E-state index in [4.69, 9.17) is 5.73 Å². The molecule has 2 atom stereocenters. The highest BCUT2D eigenvalue weighted by molar-refractivity contribution is 5.51. The Bertz CT molecular complexity index is 390. The molecule has 1 saturated heterocycles. The molecule has 1 aromatic carbocycles. The molecule has 17 heavy (non-hydrogen) atoms. The fourth-order valence-electron chi connectivity index (χ4n) is 2.62. The smallest absolute Gasteiger partial charge is 0.146 e. The van der Waals surface area contributed by atoms with E-state index < -0.39 is 0 Å². The summed E-state index contributed by atoms with van der Waals surface area (Å²) in [6, 6.07) is 5.77. The molecular weight excluding hydrogens is 215 g/mol. The van der Waals surface area contributed by atoms with Crippen molar-refractivity contribution in [3.8, 4) is 0 Å². The fourth-order valence-corrected chi connectivity index (χ4v) is 2.62. The van der Waals surface area contributed by atoms with Crippen LogP contribution in [0.2, 0.25) is 0 Å². The number of nitrogens with zero attached hydrogens (tertiary/aromatic N) is 1. The van der Waals surface area contributed by atoms with Gasteiger partial charge in [-0.1, -0.05) is 13.0 Å². The molecule has 0 aliphatic carbocycles. The van der Waals surface area contributed by atoms with Gasteiger partial charge in [-0.2, -0.15) is 0 Å². The Morgan fingerprint density at radius 1 is 1.53 bits per heavy atom. The molecular formula is C14H21FN2. The van der Waals surface area contributed by atoms with E-state index in [-0.39, 0.29) is 11.9 Å². The van der Waals surface area contributed by atoms with Crippen molar-refractivity contribution < 1.29 is 4.39 Å². The van der Waals surface area contributed by atoms with Crippen LogP contribution in [0, 0.1) is 5.82 Å². The molecule has 2 nitrogen and oxygen atoms in total. The molecule has 0 bridgehead atoms. The highest BCUT2D eigenvalue weighted by atomic mass is 19.1. The summed E-state index contributed by atoms with van der Waals surface area (Å²) in [5.41, 5.74) is 7.35. The first-order valence-electron chi connectivity index (χ1n) is 6.45. The van der Waals surface area contributed by atoms with Gasteiger partial charge in [-0.05, 0) is 43.9 Å². The van der Waals surface area contributed by atoms with Crippen molar-refractivity contribution in [2.45, 2.75) is 45.2 Å². The molecule has 94 valence electrons. The third kappa shape index (κ3) is 2.44. The van der Waals surface area contributed by atoms with Crippen LogP contribution in [-0.4, -0.2) is 12.6 Å². The van der Waals surface area contributed by atoms with Gasteiger partial charge in [0.1, 0.15) is 5.82 Å². The SMILES string of the molecule is CCC1CCCN1c1ccc([C@H](C)N)cc1F. The molecule has 2 N–H and O–H groups in total. The van der Waals surface area contributed by atoms with Crippen LogP contribution in [0.4, 0.5) is 10.1 Å². The molecule has 2 rings (SSSR count). The summed E-state index contributed by atoms with van der Waals surface area (Å²) in [6.45, 7) is 5.00. The molecule has 1 aliphatic heterocycles.